The highest BCUT2D eigenvalue weighted by Crippen LogP contribution is 2.37. The molecule has 1 N–H and O–H groups in total. The van der Waals surface area contributed by atoms with E-state index in [9.17, 15) is 4.79 Å². The molecule has 0 heterocycles. The van der Waals surface area contributed by atoms with E-state index >= 15 is 0 Å². The summed E-state index contributed by atoms with van der Waals surface area (Å²) in [5.41, 5.74) is 1.10. The molecule has 1 amide bonds. The molecular formula is C21H33NO2. The van der Waals surface area contributed by atoms with Gasteiger partial charge in [0, 0.05) is 11.6 Å². The predicted octanol–water partition coefficient (Wildman–Crippen LogP) is 5.20. The van der Waals surface area contributed by atoms with Gasteiger partial charge in [0.1, 0.15) is 5.75 Å². The van der Waals surface area contributed by atoms with Crippen LogP contribution in [0.15, 0.2) is 24.3 Å². The molecule has 24 heavy (non-hydrogen) atoms. The van der Waals surface area contributed by atoms with E-state index < -0.39 is 0 Å². The molecule has 1 aliphatic carbocycles. The summed E-state index contributed by atoms with van der Waals surface area (Å²) in [5, 5.41) is 3.20. The zero-order valence-electron chi connectivity index (χ0n) is 15.7. The number of carbonyl (C=O) groups is 1. The van der Waals surface area contributed by atoms with Gasteiger partial charge in [0.05, 0.1) is 6.61 Å². The van der Waals surface area contributed by atoms with Crippen molar-refractivity contribution in [1.29, 1.82) is 0 Å². The quantitative estimate of drug-likeness (QED) is 0.728. The molecule has 1 aliphatic rings. The molecular weight excluding hydrogens is 298 g/mol. The van der Waals surface area contributed by atoms with Gasteiger partial charge in [-0.1, -0.05) is 34.1 Å². The lowest BCUT2D eigenvalue weighted by Gasteiger charge is -2.37. The molecule has 0 aliphatic heterocycles. The fourth-order valence-electron chi connectivity index (χ4n) is 3.41. The molecule has 0 spiro atoms. The molecule has 1 aromatic rings. The molecule has 1 aromatic carbocycles. The standard InChI is InChI=1S/C21H33NO2/c1-5-6-15-24-19-13-7-16(8-14-19)20(23)22-18-11-9-17(10-12-18)21(2,3)4/h7-8,13-14,17-18H,5-6,9-12,15H2,1-4H3,(H,22,23). The maximum absolute atomic E-state index is 12.4. The first-order chi connectivity index (χ1) is 11.4. The number of benzene rings is 1. The largest absolute Gasteiger partial charge is 0.494 e. The number of carbonyl (C=O) groups excluding carboxylic acids is 1. The summed E-state index contributed by atoms with van der Waals surface area (Å²) in [6, 6.07) is 7.81. The molecule has 0 unspecified atom stereocenters. The van der Waals surface area contributed by atoms with Crippen LogP contribution in [0.25, 0.3) is 0 Å². The summed E-state index contributed by atoms with van der Waals surface area (Å²) < 4.78 is 5.64. The maximum atomic E-state index is 12.4. The fourth-order valence-corrected chi connectivity index (χ4v) is 3.41. The lowest BCUT2D eigenvalue weighted by atomic mass is 9.71. The van der Waals surface area contributed by atoms with Crippen LogP contribution in [0.1, 0.15) is 76.6 Å². The van der Waals surface area contributed by atoms with Gasteiger partial charge in [-0.25, -0.2) is 0 Å². The minimum absolute atomic E-state index is 0.0364. The van der Waals surface area contributed by atoms with E-state index in [-0.39, 0.29) is 5.91 Å². The zero-order chi connectivity index (χ0) is 17.6. The monoisotopic (exact) mass is 331 g/mol. The molecule has 1 fully saturated rings. The number of nitrogens with one attached hydrogen (secondary N) is 1. The molecule has 3 heteroatoms. The zero-order valence-corrected chi connectivity index (χ0v) is 15.7. The van der Waals surface area contributed by atoms with Crippen molar-refractivity contribution in [2.45, 2.75) is 72.3 Å². The topological polar surface area (TPSA) is 38.3 Å². The second-order valence-corrected chi connectivity index (χ2v) is 8.11. The number of amides is 1. The van der Waals surface area contributed by atoms with Crippen LogP contribution >= 0.6 is 0 Å². The Morgan fingerprint density at radius 3 is 2.29 bits per heavy atom. The SMILES string of the molecule is CCCCOc1ccc(C(=O)NC2CCC(C(C)(C)C)CC2)cc1. The number of unbranched alkanes of at least 4 members (excludes halogenated alkanes) is 1. The first-order valence-electron chi connectivity index (χ1n) is 9.44. The van der Waals surface area contributed by atoms with E-state index in [4.69, 9.17) is 4.74 Å². The van der Waals surface area contributed by atoms with Crippen molar-refractivity contribution in [3.63, 3.8) is 0 Å². The van der Waals surface area contributed by atoms with Crippen LogP contribution in [-0.2, 0) is 0 Å². The molecule has 0 atom stereocenters. The van der Waals surface area contributed by atoms with E-state index in [0.29, 0.717) is 11.5 Å². The minimum Gasteiger partial charge on any atom is -0.494 e. The minimum atomic E-state index is 0.0364. The molecule has 0 saturated heterocycles. The van der Waals surface area contributed by atoms with Crippen LogP contribution in [0, 0.1) is 11.3 Å². The van der Waals surface area contributed by atoms with Crippen LogP contribution in [0.4, 0.5) is 0 Å². The number of hydrogen-bond acceptors (Lipinski definition) is 2. The summed E-state index contributed by atoms with van der Waals surface area (Å²) in [7, 11) is 0. The third-order valence-corrected chi connectivity index (χ3v) is 5.17. The van der Waals surface area contributed by atoms with Crippen molar-refractivity contribution in [3.8, 4) is 5.75 Å². The first kappa shape index (κ1) is 18.8. The Morgan fingerprint density at radius 2 is 1.75 bits per heavy atom. The lowest BCUT2D eigenvalue weighted by Crippen LogP contribution is -2.39. The molecule has 3 nitrogen and oxygen atoms in total. The van der Waals surface area contributed by atoms with E-state index in [1.54, 1.807) is 0 Å². The summed E-state index contributed by atoms with van der Waals surface area (Å²) in [4.78, 5) is 12.4. The van der Waals surface area contributed by atoms with Gasteiger partial charge in [0.15, 0.2) is 0 Å². The van der Waals surface area contributed by atoms with Gasteiger partial charge in [-0.15, -0.1) is 0 Å². The van der Waals surface area contributed by atoms with Crippen molar-refractivity contribution in [1.82, 2.24) is 5.32 Å². The Hall–Kier alpha value is -1.51. The molecule has 2 rings (SSSR count). The Morgan fingerprint density at radius 1 is 1.12 bits per heavy atom. The number of ether oxygens (including phenoxy) is 1. The Kier molecular flexibility index (Phi) is 6.70. The van der Waals surface area contributed by atoms with Gasteiger partial charge in [-0.3, -0.25) is 4.79 Å². The van der Waals surface area contributed by atoms with Crippen molar-refractivity contribution < 1.29 is 9.53 Å². The van der Waals surface area contributed by atoms with E-state index in [2.05, 4.69) is 33.0 Å². The van der Waals surface area contributed by atoms with Crippen LogP contribution in [0.5, 0.6) is 5.75 Å². The van der Waals surface area contributed by atoms with Crippen LogP contribution in [-0.4, -0.2) is 18.6 Å². The van der Waals surface area contributed by atoms with Crippen LogP contribution < -0.4 is 10.1 Å². The second-order valence-electron chi connectivity index (χ2n) is 8.11. The van der Waals surface area contributed by atoms with E-state index in [0.717, 1.165) is 49.5 Å². The van der Waals surface area contributed by atoms with Crippen molar-refractivity contribution >= 4 is 5.91 Å². The molecule has 134 valence electrons. The lowest BCUT2D eigenvalue weighted by molar-refractivity contribution is 0.0904. The van der Waals surface area contributed by atoms with Crippen molar-refractivity contribution in [3.05, 3.63) is 29.8 Å². The highest BCUT2D eigenvalue weighted by Gasteiger charge is 2.30. The normalized spacial score (nSPS) is 21.3. The number of hydrogen-bond donors (Lipinski definition) is 1. The molecule has 0 bridgehead atoms. The predicted molar refractivity (Wildman–Crippen MR) is 99.5 cm³/mol. The van der Waals surface area contributed by atoms with Gasteiger partial charge in [-0.2, -0.15) is 0 Å². The summed E-state index contributed by atoms with van der Waals surface area (Å²) in [6.45, 7) is 9.84. The van der Waals surface area contributed by atoms with E-state index in [1.165, 1.54) is 12.8 Å². The average molecular weight is 332 g/mol. The summed E-state index contributed by atoms with van der Waals surface area (Å²) in [6.07, 6.45) is 6.77. The fraction of sp³-hybridized carbons (Fsp3) is 0.667. The van der Waals surface area contributed by atoms with Gasteiger partial charge < -0.3 is 10.1 Å². The van der Waals surface area contributed by atoms with Crippen LogP contribution in [0.3, 0.4) is 0 Å². The van der Waals surface area contributed by atoms with Crippen molar-refractivity contribution in [2.24, 2.45) is 11.3 Å². The highest BCUT2D eigenvalue weighted by atomic mass is 16.5. The third-order valence-electron chi connectivity index (χ3n) is 5.17. The summed E-state index contributed by atoms with van der Waals surface area (Å²) in [5.74, 6) is 1.64. The first-order valence-corrected chi connectivity index (χ1v) is 9.44. The number of rotatable bonds is 6. The summed E-state index contributed by atoms with van der Waals surface area (Å²) >= 11 is 0. The Bertz CT molecular complexity index is 508. The third kappa shape index (κ3) is 5.54. The maximum Gasteiger partial charge on any atom is 0.251 e. The van der Waals surface area contributed by atoms with Gasteiger partial charge in [0.2, 0.25) is 0 Å². The van der Waals surface area contributed by atoms with Gasteiger partial charge >= 0.3 is 0 Å². The van der Waals surface area contributed by atoms with Gasteiger partial charge in [-0.05, 0) is 67.7 Å². The highest BCUT2D eigenvalue weighted by molar-refractivity contribution is 5.94. The average Bonchev–Trinajstić information content (AvgIpc) is 2.55. The second kappa shape index (κ2) is 8.55. The Labute approximate surface area is 147 Å². The molecule has 0 radical (unpaired) electrons. The van der Waals surface area contributed by atoms with Crippen molar-refractivity contribution in [2.75, 3.05) is 6.61 Å². The molecule has 1 saturated carbocycles. The van der Waals surface area contributed by atoms with Gasteiger partial charge in [0.25, 0.3) is 5.91 Å². The Balaban J connectivity index is 1.80. The molecule has 0 aromatic heterocycles. The van der Waals surface area contributed by atoms with Crippen LogP contribution in [0.2, 0.25) is 0 Å². The smallest absolute Gasteiger partial charge is 0.251 e. The van der Waals surface area contributed by atoms with E-state index in [1.807, 2.05) is 24.3 Å².